The molecule has 1 amide bonds. The Morgan fingerprint density at radius 3 is 2.91 bits per heavy atom. The van der Waals surface area contributed by atoms with E-state index in [-0.39, 0.29) is 5.91 Å². The third kappa shape index (κ3) is 3.74. The van der Waals surface area contributed by atoms with Gasteiger partial charge < -0.3 is 9.73 Å². The molecule has 0 aliphatic rings. The molecule has 2 aromatic carbocycles. The number of halogens is 2. The van der Waals surface area contributed by atoms with E-state index in [1.807, 2.05) is 43.3 Å². The summed E-state index contributed by atoms with van der Waals surface area (Å²) >= 11 is 5.78. The minimum absolute atomic E-state index is 0.0101. The van der Waals surface area contributed by atoms with Gasteiger partial charge in [0.15, 0.2) is 5.58 Å². The second kappa shape index (κ2) is 7.00. The third-order valence-electron chi connectivity index (χ3n) is 3.31. The lowest BCUT2D eigenvalue weighted by Crippen LogP contribution is -2.10. The van der Waals surface area contributed by atoms with Crippen molar-refractivity contribution in [2.45, 2.75) is 19.8 Å². The molecule has 1 heterocycles. The summed E-state index contributed by atoms with van der Waals surface area (Å²) in [4.78, 5) is 16.2. The van der Waals surface area contributed by atoms with Gasteiger partial charge >= 0.3 is 0 Å². The highest BCUT2D eigenvalue weighted by atomic mass is 127. The van der Waals surface area contributed by atoms with Gasteiger partial charge in [-0.05, 0) is 81.3 Å². The first-order chi connectivity index (χ1) is 11.1. The Bertz CT molecular complexity index is 876. The lowest BCUT2D eigenvalue weighted by atomic mass is 10.2. The summed E-state index contributed by atoms with van der Waals surface area (Å²) in [6.07, 6.45) is 1.33. The Morgan fingerprint density at radius 1 is 1.30 bits per heavy atom. The first-order valence-corrected chi connectivity index (χ1v) is 9.10. The molecule has 118 valence electrons. The third-order valence-corrected chi connectivity index (χ3v) is 4.67. The van der Waals surface area contributed by atoms with Crippen molar-refractivity contribution in [1.82, 2.24) is 4.98 Å². The fourth-order valence-electron chi connectivity index (χ4n) is 2.23. The number of hydrogen-bond acceptors (Lipinski definition) is 3. The minimum Gasteiger partial charge on any atom is -0.436 e. The first kappa shape index (κ1) is 16.4. The van der Waals surface area contributed by atoms with Crippen LogP contribution in [0.5, 0.6) is 0 Å². The minimum atomic E-state index is 0.0101. The van der Waals surface area contributed by atoms with Gasteiger partial charge in [0.2, 0.25) is 11.8 Å². The zero-order valence-corrected chi connectivity index (χ0v) is 16.1. The van der Waals surface area contributed by atoms with E-state index in [0.717, 1.165) is 31.2 Å². The molecule has 0 spiro atoms. The van der Waals surface area contributed by atoms with Gasteiger partial charge in [0.1, 0.15) is 5.52 Å². The maximum Gasteiger partial charge on any atom is 0.228 e. The number of amides is 1. The summed E-state index contributed by atoms with van der Waals surface area (Å²) in [5, 5.41) is 2.87. The molecule has 0 saturated heterocycles. The predicted octanol–water partition coefficient (Wildman–Crippen LogP) is 5.60. The Labute approximate surface area is 155 Å². The topological polar surface area (TPSA) is 55.1 Å². The SMILES string of the molecule is CCCC(=O)Nc1ccc2oc(-c3cc(I)ccc3Br)nc2c1. The predicted molar refractivity (Wildman–Crippen MR) is 103 cm³/mol. The van der Waals surface area contributed by atoms with E-state index in [0.29, 0.717) is 17.9 Å². The summed E-state index contributed by atoms with van der Waals surface area (Å²) < 4.78 is 7.88. The quantitative estimate of drug-likeness (QED) is 0.490. The number of hydrogen-bond donors (Lipinski definition) is 1. The van der Waals surface area contributed by atoms with E-state index in [2.05, 4.69) is 48.8 Å². The molecule has 1 N–H and O–H groups in total. The van der Waals surface area contributed by atoms with Crippen LogP contribution in [0.1, 0.15) is 19.8 Å². The average molecular weight is 485 g/mol. The number of aromatic nitrogens is 1. The van der Waals surface area contributed by atoms with Crippen LogP contribution in [-0.4, -0.2) is 10.9 Å². The highest BCUT2D eigenvalue weighted by molar-refractivity contribution is 14.1. The summed E-state index contributed by atoms with van der Waals surface area (Å²) in [6.45, 7) is 1.98. The molecule has 4 nitrogen and oxygen atoms in total. The average Bonchev–Trinajstić information content (AvgIpc) is 2.93. The Morgan fingerprint density at radius 2 is 2.13 bits per heavy atom. The van der Waals surface area contributed by atoms with Crippen molar-refractivity contribution in [2.24, 2.45) is 0 Å². The molecule has 0 atom stereocenters. The molecule has 1 aromatic heterocycles. The van der Waals surface area contributed by atoms with Crippen LogP contribution in [0.2, 0.25) is 0 Å². The molecule has 23 heavy (non-hydrogen) atoms. The summed E-state index contributed by atoms with van der Waals surface area (Å²) in [5.41, 5.74) is 3.06. The molecule has 0 fully saturated rings. The van der Waals surface area contributed by atoms with E-state index < -0.39 is 0 Å². The van der Waals surface area contributed by atoms with E-state index in [9.17, 15) is 4.79 Å². The van der Waals surface area contributed by atoms with Crippen molar-refractivity contribution in [3.8, 4) is 11.5 Å². The molecule has 3 aromatic rings. The number of anilines is 1. The standard InChI is InChI=1S/C17H14BrIN2O2/c1-2-3-16(22)20-11-5-7-15-14(9-11)21-17(23-15)12-8-10(19)4-6-13(12)18/h4-9H,2-3H2,1H3,(H,20,22). The van der Waals surface area contributed by atoms with Crippen molar-refractivity contribution in [1.29, 1.82) is 0 Å². The van der Waals surface area contributed by atoms with Crippen LogP contribution < -0.4 is 5.32 Å². The Kier molecular flexibility index (Phi) is 5.01. The molecule has 0 saturated carbocycles. The first-order valence-electron chi connectivity index (χ1n) is 7.22. The monoisotopic (exact) mass is 484 g/mol. The Balaban J connectivity index is 1.96. The largest absolute Gasteiger partial charge is 0.436 e. The zero-order chi connectivity index (χ0) is 16.4. The van der Waals surface area contributed by atoms with Crippen LogP contribution in [0.15, 0.2) is 45.3 Å². The number of oxazole rings is 1. The van der Waals surface area contributed by atoms with Crippen molar-refractivity contribution < 1.29 is 9.21 Å². The molecule has 3 rings (SSSR count). The highest BCUT2D eigenvalue weighted by Gasteiger charge is 2.12. The molecule has 0 radical (unpaired) electrons. The molecule has 0 bridgehead atoms. The molecule has 0 aliphatic carbocycles. The van der Waals surface area contributed by atoms with E-state index in [4.69, 9.17) is 4.42 Å². The fraction of sp³-hybridized carbons (Fsp3) is 0.176. The maximum absolute atomic E-state index is 11.7. The van der Waals surface area contributed by atoms with Gasteiger partial charge in [-0.2, -0.15) is 0 Å². The molecular formula is C17H14BrIN2O2. The number of nitrogens with one attached hydrogen (secondary N) is 1. The number of fused-ring (bicyclic) bond motifs is 1. The number of carbonyl (C=O) groups excluding carboxylic acids is 1. The smallest absolute Gasteiger partial charge is 0.228 e. The lowest BCUT2D eigenvalue weighted by molar-refractivity contribution is -0.116. The molecule has 6 heteroatoms. The van der Waals surface area contributed by atoms with Crippen molar-refractivity contribution >= 4 is 61.2 Å². The van der Waals surface area contributed by atoms with Gasteiger partial charge in [0.05, 0.1) is 5.56 Å². The van der Waals surface area contributed by atoms with Crippen molar-refractivity contribution in [3.63, 3.8) is 0 Å². The second-order valence-electron chi connectivity index (χ2n) is 5.12. The van der Waals surface area contributed by atoms with Gasteiger partial charge in [-0.25, -0.2) is 4.98 Å². The number of rotatable bonds is 4. The van der Waals surface area contributed by atoms with E-state index in [1.165, 1.54) is 0 Å². The maximum atomic E-state index is 11.7. The van der Waals surface area contributed by atoms with Crippen LogP contribution in [0, 0.1) is 3.57 Å². The number of carbonyl (C=O) groups is 1. The van der Waals surface area contributed by atoms with Crippen LogP contribution >= 0.6 is 38.5 Å². The van der Waals surface area contributed by atoms with Gasteiger partial charge in [-0.3, -0.25) is 4.79 Å². The van der Waals surface area contributed by atoms with Crippen molar-refractivity contribution in [3.05, 3.63) is 44.4 Å². The van der Waals surface area contributed by atoms with Crippen LogP contribution in [0.4, 0.5) is 5.69 Å². The number of nitrogens with zero attached hydrogens (tertiary/aromatic N) is 1. The van der Waals surface area contributed by atoms with Gasteiger partial charge in [-0.1, -0.05) is 6.92 Å². The summed E-state index contributed by atoms with van der Waals surface area (Å²) in [7, 11) is 0. The van der Waals surface area contributed by atoms with Crippen LogP contribution in [-0.2, 0) is 4.79 Å². The molecule has 0 aliphatic heterocycles. The van der Waals surface area contributed by atoms with Gasteiger partial charge in [0.25, 0.3) is 0 Å². The lowest BCUT2D eigenvalue weighted by Gasteiger charge is -2.02. The van der Waals surface area contributed by atoms with Gasteiger partial charge in [-0.15, -0.1) is 0 Å². The second-order valence-corrected chi connectivity index (χ2v) is 7.22. The normalized spacial score (nSPS) is 10.9. The van der Waals surface area contributed by atoms with Gasteiger partial charge in [0, 0.05) is 20.2 Å². The van der Waals surface area contributed by atoms with E-state index >= 15 is 0 Å². The van der Waals surface area contributed by atoms with Crippen molar-refractivity contribution in [2.75, 3.05) is 5.32 Å². The van der Waals surface area contributed by atoms with Crippen LogP contribution in [0.25, 0.3) is 22.6 Å². The Hall–Kier alpha value is -1.41. The fourth-order valence-corrected chi connectivity index (χ4v) is 3.14. The summed E-state index contributed by atoms with van der Waals surface area (Å²) in [5.74, 6) is 0.568. The van der Waals surface area contributed by atoms with E-state index in [1.54, 1.807) is 0 Å². The summed E-state index contributed by atoms with van der Waals surface area (Å²) in [6, 6.07) is 11.5. The van der Waals surface area contributed by atoms with Crippen LogP contribution in [0.3, 0.4) is 0 Å². The molecule has 0 unspecified atom stereocenters. The molecular weight excluding hydrogens is 471 g/mol. The number of benzene rings is 2. The zero-order valence-electron chi connectivity index (χ0n) is 12.4. The highest BCUT2D eigenvalue weighted by Crippen LogP contribution is 2.32.